The fraction of sp³-hybridized carbons (Fsp3) is 0.529. The van der Waals surface area contributed by atoms with Crippen LogP contribution >= 0.6 is 0 Å². The fourth-order valence-corrected chi connectivity index (χ4v) is 3.14. The molecule has 0 aliphatic carbocycles. The Balaban J connectivity index is 1.77. The highest BCUT2D eigenvalue weighted by atomic mass is 16.3. The summed E-state index contributed by atoms with van der Waals surface area (Å²) in [5, 5.41) is 9.96. The highest BCUT2D eigenvalue weighted by Crippen LogP contribution is 2.24. The van der Waals surface area contributed by atoms with Gasteiger partial charge >= 0.3 is 0 Å². The lowest BCUT2D eigenvalue weighted by atomic mass is 9.95. The number of rotatable bonds is 2. The average Bonchev–Trinajstić information content (AvgIpc) is 2.95. The molecule has 1 N–H and O–H groups in total. The van der Waals surface area contributed by atoms with Crippen LogP contribution < -0.4 is 4.90 Å². The molecule has 0 saturated carbocycles. The van der Waals surface area contributed by atoms with Crippen LogP contribution in [0.25, 0.3) is 0 Å². The Hall–Kier alpha value is -1.88. The van der Waals surface area contributed by atoms with Gasteiger partial charge in [0.05, 0.1) is 6.10 Å². The van der Waals surface area contributed by atoms with E-state index < -0.39 is 6.10 Å². The monoisotopic (exact) mass is 302 g/mol. The van der Waals surface area contributed by atoms with Crippen molar-refractivity contribution in [1.29, 1.82) is 0 Å². The third-order valence-corrected chi connectivity index (χ3v) is 4.68. The number of aliphatic hydroxyl groups is 1. The van der Waals surface area contributed by atoms with Crippen molar-refractivity contribution in [1.82, 2.24) is 4.90 Å². The van der Waals surface area contributed by atoms with Gasteiger partial charge < -0.3 is 14.9 Å². The second kappa shape index (κ2) is 6.08. The number of β-amino-alcohol motifs (C(OH)–C–C–N with tert-alkyl or cyclic N) is 1. The van der Waals surface area contributed by atoms with Gasteiger partial charge in [-0.05, 0) is 37.0 Å². The predicted octanol–water partition coefficient (Wildman–Crippen LogP) is 1.66. The molecule has 2 amide bonds. The lowest BCUT2D eigenvalue weighted by Crippen LogP contribution is -2.45. The standard InChI is InChI=1S/C17H22N2O3/c1-12-7-9-18(11-15(12)20)17(22)13-4-2-5-14(10-13)19-8-3-6-16(19)21/h2,4-5,10,12,15,20H,3,6-9,11H2,1H3. The van der Waals surface area contributed by atoms with Crippen LogP contribution in [-0.4, -0.2) is 47.6 Å². The Bertz CT molecular complexity index is 587. The molecule has 2 unspecified atom stereocenters. The summed E-state index contributed by atoms with van der Waals surface area (Å²) in [7, 11) is 0. The third-order valence-electron chi connectivity index (χ3n) is 4.68. The van der Waals surface area contributed by atoms with Crippen molar-refractivity contribution in [2.75, 3.05) is 24.5 Å². The van der Waals surface area contributed by atoms with Crippen LogP contribution in [0.4, 0.5) is 5.69 Å². The summed E-state index contributed by atoms with van der Waals surface area (Å²) in [5.41, 5.74) is 1.37. The lowest BCUT2D eigenvalue weighted by molar-refractivity contribution is -0.117. The molecule has 0 bridgehead atoms. The number of benzene rings is 1. The number of nitrogens with zero attached hydrogens (tertiary/aromatic N) is 2. The zero-order chi connectivity index (χ0) is 15.7. The summed E-state index contributed by atoms with van der Waals surface area (Å²) in [5.74, 6) is 0.281. The molecule has 2 heterocycles. The summed E-state index contributed by atoms with van der Waals surface area (Å²) < 4.78 is 0. The average molecular weight is 302 g/mol. The summed E-state index contributed by atoms with van der Waals surface area (Å²) in [6.07, 6.45) is 1.81. The molecule has 1 aromatic carbocycles. The summed E-state index contributed by atoms with van der Waals surface area (Å²) in [6.45, 7) is 3.78. The van der Waals surface area contributed by atoms with Gasteiger partial charge in [0.25, 0.3) is 5.91 Å². The quantitative estimate of drug-likeness (QED) is 0.904. The first-order chi connectivity index (χ1) is 10.6. The Kier molecular flexibility index (Phi) is 4.16. The third kappa shape index (κ3) is 2.86. The molecule has 0 aromatic heterocycles. The van der Waals surface area contributed by atoms with E-state index in [2.05, 4.69) is 0 Å². The molecule has 2 aliphatic heterocycles. The molecular formula is C17H22N2O3. The number of likely N-dealkylation sites (tertiary alicyclic amines) is 1. The number of aliphatic hydroxyl groups excluding tert-OH is 1. The Labute approximate surface area is 130 Å². The zero-order valence-corrected chi connectivity index (χ0v) is 12.9. The molecule has 0 spiro atoms. The zero-order valence-electron chi connectivity index (χ0n) is 12.9. The summed E-state index contributed by atoms with van der Waals surface area (Å²) in [4.78, 5) is 27.9. The minimum Gasteiger partial charge on any atom is -0.391 e. The van der Waals surface area contributed by atoms with Gasteiger partial charge in [0.2, 0.25) is 5.91 Å². The number of hydrogen-bond acceptors (Lipinski definition) is 3. The van der Waals surface area contributed by atoms with E-state index in [0.717, 1.165) is 25.1 Å². The van der Waals surface area contributed by atoms with E-state index in [1.54, 1.807) is 21.9 Å². The molecule has 3 rings (SSSR count). The SMILES string of the molecule is CC1CCN(C(=O)c2cccc(N3CCCC3=O)c2)CC1O. The molecule has 2 fully saturated rings. The van der Waals surface area contributed by atoms with E-state index in [-0.39, 0.29) is 17.7 Å². The van der Waals surface area contributed by atoms with Crippen LogP contribution in [0.5, 0.6) is 0 Å². The Morgan fingerprint density at radius 1 is 1.32 bits per heavy atom. The first-order valence-corrected chi connectivity index (χ1v) is 7.94. The molecule has 2 atom stereocenters. The Morgan fingerprint density at radius 3 is 2.82 bits per heavy atom. The minimum atomic E-state index is -0.457. The van der Waals surface area contributed by atoms with Crippen LogP contribution in [0, 0.1) is 5.92 Å². The molecule has 118 valence electrons. The van der Waals surface area contributed by atoms with Gasteiger partial charge in [-0.25, -0.2) is 0 Å². The first-order valence-electron chi connectivity index (χ1n) is 7.94. The first kappa shape index (κ1) is 15.0. The van der Waals surface area contributed by atoms with Gasteiger partial charge in [-0.3, -0.25) is 9.59 Å². The van der Waals surface area contributed by atoms with Crippen molar-refractivity contribution in [2.24, 2.45) is 5.92 Å². The van der Waals surface area contributed by atoms with Gasteiger partial charge in [0.1, 0.15) is 0 Å². The van der Waals surface area contributed by atoms with Crippen LogP contribution in [0.3, 0.4) is 0 Å². The van der Waals surface area contributed by atoms with Crippen molar-refractivity contribution < 1.29 is 14.7 Å². The highest BCUT2D eigenvalue weighted by Gasteiger charge is 2.28. The smallest absolute Gasteiger partial charge is 0.254 e. The molecule has 2 saturated heterocycles. The van der Waals surface area contributed by atoms with Crippen molar-refractivity contribution in [3.63, 3.8) is 0 Å². The molecule has 22 heavy (non-hydrogen) atoms. The number of piperidine rings is 1. The van der Waals surface area contributed by atoms with E-state index in [0.29, 0.717) is 25.1 Å². The molecule has 5 heteroatoms. The number of carbonyl (C=O) groups excluding carboxylic acids is 2. The van der Waals surface area contributed by atoms with Crippen LogP contribution in [0.2, 0.25) is 0 Å². The molecule has 1 aromatic rings. The number of carbonyl (C=O) groups is 2. The largest absolute Gasteiger partial charge is 0.391 e. The van der Waals surface area contributed by atoms with E-state index in [4.69, 9.17) is 0 Å². The maximum absolute atomic E-state index is 12.6. The van der Waals surface area contributed by atoms with Gasteiger partial charge in [-0.15, -0.1) is 0 Å². The van der Waals surface area contributed by atoms with E-state index in [1.807, 2.05) is 19.1 Å². The van der Waals surface area contributed by atoms with Crippen molar-refractivity contribution in [2.45, 2.75) is 32.3 Å². The predicted molar refractivity (Wildman–Crippen MR) is 83.7 cm³/mol. The molecular weight excluding hydrogens is 280 g/mol. The topological polar surface area (TPSA) is 60.9 Å². The highest BCUT2D eigenvalue weighted by molar-refractivity contribution is 5.99. The number of amides is 2. The Morgan fingerprint density at radius 2 is 2.14 bits per heavy atom. The van der Waals surface area contributed by atoms with Crippen LogP contribution in [-0.2, 0) is 4.79 Å². The van der Waals surface area contributed by atoms with Crippen molar-refractivity contribution >= 4 is 17.5 Å². The maximum atomic E-state index is 12.6. The molecule has 5 nitrogen and oxygen atoms in total. The normalized spacial score (nSPS) is 25.6. The summed E-state index contributed by atoms with van der Waals surface area (Å²) in [6, 6.07) is 7.25. The van der Waals surface area contributed by atoms with E-state index in [9.17, 15) is 14.7 Å². The van der Waals surface area contributed by atoms with Gasteiger partial charge in [-0.2, -0.15) is 0 Å². The number of anilines is 1. The van der Waals surface area contributed by atoms with Crippen molar-refractivity contribution in [3.05, 3.63) is 29.8 Å². The van der Waals surface area contributed by atoms with Gasteiger partial charge in [0, 0.05) is 37.3 Å². The molecule has 0 radical (unpaired) electrons. The second-order valence-corrected chi connectivity index (χ2v) is 6.28. The number of hydrogen-bond donors (Lipinski definition) is 1. The van der Waals surface area contributed by atoms with Gasteiger partial charge in [-0.1, -0.05) is 13.0 Å². The van der Waals surface area contributed by atoms with E-state index in [1.165, 1.54) is 0 Å². The molecule has 2 aliphatic rings. The minimum absolute atomic E-state index is 0.0700. The van der Waals surface area contributed by atoms with Gasteiger partial charge in [0.15, 0.2) is 0 Å². The lowest BCUT2D eigenvalue weighted by Gasteiger charge is -2.34. The fourth-order valence-electron chi connectivity index (χ4n) is 3.14. The van der Waals surface area contributed by atoms with Crippen LogP contribution in [0.1, 0.15) is 36.5 Å². The summed E-state index contributed by atoms with van der Waals surface area (Å²) >= 11 is 0. The van der Waals surface area contributed by atoms with E-state index >= 15 is 0 Å². The van der Waals surface area contributed by atoms with Crippen LogP contribution in [0.15, 0.2) is 24.3 Å². The maximum Gasteiger partial charge on any atom is 0.254 e. The second-order valence-electron chi connectivity index (χ2n) is 6.28. The van der Waals surface area contributed by atoms with Crippen molar-refractivity contribution in [3.8, 4) is 0 Å².